The second-order valence-corrected chi connectivity index (χ2v) is 4.20. The summed E-state index contributed by atoms with van der Waals surface area (Å²) in [7, 11) is 0. The number of nitrogens with one attached hydrogen (secondary N) is 1. The number of rotatable bonds is 3. The minimum atomic E-state index is -0.765. The molecule has 0 fully saturated rings. The van der Waals surface area contributed by atoms with Crippen LogP contribution in [0.1, 0.15) is 37.0 Å². The Hall–Kier alpha value is -2.11. The summed E-state index contributed by atoms with van der Waals surface area (Å²) in [5, 5.41) is 13.5. The van der Waals surface area contributed by atoms with Crippen LogP contribution in [0.2, 0.25) is 0 Å². The van der Waals surface area contributed by atoms with Crippen molar-refractivity contribution in [2.75, 3.05) is 0 Å². The normalized spacial score (nSPS) is 16.4. The molecule has 0 bridgehead atoms. The zero-order chi connectivity index (χ0) is 13.3. The van der Waals surface area contributed by atoms with Gasteiger partial charge in [0, 0.05) is 18.9 Å². The third kappa shape index (κ3) is 1.90. The summed E-state index contributed by atoms with van der Waals surface area (Å²) in [5.41, 5.74) is -0.512. The van der Waals surface area contributed by atoms with E-state index in [9.17, 15) is 14.9 Å². The molecule has 0 aromatic heterocycles. The van der Waals surface area contributed by atoms with Gasteiger partial charge < -0.3 is 10.1 Å². The third-order valence-corrected chi connectivity index (χ3v) is 3.21. The van der Waals surface area contributed by atoms with Crippen LogP contribution in [-0.2, 0) is 0 Å². The predicted molar refractivity (Wildman–Crippen MR) is 64.5 cm³/mol. The van der Waals surface area contributed by atoms with Crippen LogP contribution in [0.4, 0.5) is 5.69 Å². The minimum absolute atomic E-state index is 0.0791. The molecule has 96 valence electrons. The lowest BCUT2D eigenvalue weighted by atomic mass is 10.0. The van der Waals surface area contributed by atoms with Gasteiger partial charge in [-0.05, 0) is 6.07 Å². The summed E-state index contributed by atoms with van der Waals surface area (Å²) in [6.45, 7) is 3.79. The standard InChI is InChI=1S/C12H14N2O4/c1-3-12(4-2)13-11(15)9-6-5-8(14(16)17)7-10(9)18-12/h5-7H,3-4H2,1-2H3,(H,13,15). The summed E-state index contributed by atoms with van der Waals surface area (Å²) in [4.78, 5) is 22.2. The molecular weight excluding hydrogens is 236 g/mol. The highest BCUT2D eigenvalue weighted by Crippen LogP contribution is 2.33. The van der Waals surface area contributed by atoms with E-state index in [0.717, 1.165) is 0 Å². The first-order valence-electron chi connectivity index (χ1n) is 5.81. The van der Waals surface area contributed by atoms with Gasteiger partial charge in [-0.2, -0.15) is 0 Å². The Balaban J connectivity index is 2.47. The van der Waals surface area contributed by atoms with Gasteiger partial charge in [0.15, 0.2) is 5.72 Å². The van der Waals surface area contributed by atoms with Gasteiger partial charge in [0.1, 0.15) is 5.75 Å². The van der Waals surface area contributed by atoms with Crippen LogP contribution < -0.4 is 10.1 Å². The largest absolute Gasteiger partial charge is 0.467 e. The van der Waals surface area contributed by atoms with Crippen molar-refractivity contribution >= 4 is 11.6 Å². The van der Waals surface area contributed by atoms with Crippen molar-refractivity contribution in [2.24, 2.45) is 0 Å². The summed E-state index contributed by atoms with van der Waals surface area (Å²) in [6, 6.07) is 4.01. The van der Waals surface area contributed by atoms with E-state index in [-0.39, 0.29) is 17.3 Å². The van der Waals surface area contributed by atoms with Gasteiger partial charge in [-0.3, -0.25) is 14.9 Å². The molecule has 0 saturated carbocycles. The van der Waals surface area contributed by atoms with Gasteiger partial charge >= 0.3 is 0 Å². The minimum Gasteiger partial charge on any atom is -0.467 e. The first kappa shape index (κ1) is 12.3. The van der Waals surface area contributed by atoms with Crippen LogP contribution >= 0.6 is 0 Å². The molecule has 2 rings (SSSR count). The smallest absolute Gasteiger partial charge is 0.273 e. The number of hydrogen-bond acceptors (Lipinski definition) is 4. The lowest BCUT2D eigenvalue weighted by Crippen LogP contribution is -2.55. The molecule has 1 N–H and O–H groups in total. The molecule has 0 unspecified atom stereocenters. The van der Waals surface area contributed by atoms with Gasteiger partial charge in [-0.25, -0.2) is 0 Å². The van der Waals surface area contributed by atoms with Crippen molar-refractivity contribution in [3.63, 3.8) is 0 Å². The second kappa shape index (κ2) is 4.29. The number of carbonyl (C=O) groups excluding carboxylic acids is 1. The van der Waals surface area contributed by atoms with Crippen molar-refractivity contribution in [3.8, 4) is 5.75 Å². The van der Waals surface area contributed by atoms with Gasteiger partial charge in [-0.15, -0.1) is 0 Å². The molecule has 0 radical (unpaired) electrons. The maximum Gasteiger partial charge on any atom is 0.273 e. The van der Waals surface area contributed by atoms with E-state index >= 15 is 0 Å². The Morgan fingerprint density at radius 1 is 1.39 bits per heavy atom. The molecule has 1 aliphatic rings. The number of ether oxygens (including phenoxy) is 1. The maximum absolute atomic E-state index is 11.9. The summed E-state index contributed by atoms with van der Waals surface area (Å²) >= 11 is 0. The fourth-order valence-corrected chi connectivity index (χ4v) is 1.98. The molecule has 6 heteroatoms. The molecule has 1 amide bonds. The van der Waals surface area contributed by atoms with Crippen LogP contribution in [0.3, 0.4) is 0 Å². The van der Waals surface area contributed by atoms with Gasteiger partial charge in [0.2, 0.25) is 0 Å². The first-order valence-corrected chi connectivity index (χ1v) is 5.81. The zero-order valence-corrected chi connectivity index (χ0v) is 10.2. The molecule has 0 spiro atoms. The quantitative estimate of drug-likeness (QED) is 0.658. The Bertz CT molecular complexity index is 509. The Labute approximate surface area is 104 Å². The van der Waals surface area contributed by atoms with Crippen molar-refractivity contribution in [1.82, 2.24) is 5.32 Å². The van der Waals surface area contributed by atoms with E-state index in [0.29, 0.717) is 18.4 Å². The van der Waals surface area contributed by atoms with E-state index in [1.165, 1.54) is 18.2 Å². The zero-order valence-electron chi connectivity index (χ0n) is 10.2. The van der Waals surface area contributed by atoms with Crippen molar-refractivity contribution in [1.29, 1.82) is 0 Å². The average Bonchev–Trinajstić information content (AvgIpc) is 2.37. The SMILES string of the molecule is CCC1(CC)NC(=O)c2ccc([N+](=O)[O-])cc2O1. The number of non-ortho nitro benzene ring substituents is 1. The summed E-state index contributed by atoms with van der Waals surface area (Å²) in [5.74, 6) is 0.0199. The van der Waals surface area contributed by atoms with E-state index < -0.39 is 10.6 Å². The van der Waals surface area contributed by atoms with Crippen LogP contribution in [0.25, 0.3) is 0 Å². The number of nitro groups is 1. The average molecular weight is 250 g/mol. The molecule has 0 atom stereocenters. The summed E-state index contributed by atoms with van der Waals surface area (Å²) in [6.07, 6.45) is 1.19. The van der Waals surface area contributed by atoms with E-state index in [4.69, 9.17) is 4.74 Å². The van der Waals surface area contributed by atoms with Crippen molar-refractivity contribution in [3.05, 3.63) is 33.9 Å². The van der Waals surface area contributed by atoms with Gasteiger partial charge in [0.25, 0.3) is 11.6 Å². The number of nitro benzene ring substituents is 1. The molecule has 0 saturated heterocycles. The monoisotopic (exact) mass is 250 g/mol. The second-order valence-electron chi connectivity index (χ2n) is 4.20. The highest BCUT2D eigenvalue weighted by Gasteiger charge is 2.37. The third-order valence-electron chi connectivity index (χ3n) is 3.21. The number of benzene rings is 1. The van der Waals surface area contributed by atoms with Crippen molar-refractivity contribution < 1.29 is 14.5 Å². The molecule has 0 aliphatic carbocycles. The number of hydrogen-bond donors (Lipinski definition) is 1. The Morgan fingerprint density at radius 3 is 2.61 bits per heavy atom. The molecule has 1 heterocycles. The highest BCUT2D eigenvalue weighted by atomic mass is 16.6. The van der Waals surface area contributed by atoms with Gasteiger partial charge in [-0.1, -0.05) is 13.8 Å². The fraction of sp³-hybridized carbons (Fsp3) is 0.417. The molecule has 18 heavy (non-hydrogen) atoms. The first-order chi connectivity index (χ1) is 8.51. The summed E-state index contributed by atoms with van der Waals surface area (Å²) < 4.78 is 5.74. The maximum atomic E-state index is 11.9. The van der Waals surface area contributed by atoms with Crippen molar-refractivity contribution in [2.45, 2.75) is 32.4 Å². The fourth-order valence-electron chi connectivity index (χ4n) is 1.98. The Morgan fingerprint density at radius 2 is 2.06 bits per heavy atom. The number of carbonyl (C=O) groups is 1. The molecular formula is C12H14N2O4. The van der Waals surface area contributed by atoms with Gasteiger partial charge in [0.05, 0.1) is 16.6 Å². The molecule has 1 aromatic carbocycles. The van der Waals surface area contributed by atoms with E-state index in [1.807, 2.05) is 13.8 Å². The van der Waals surface area contributed by atoms with E-state index in [2.05, 4.69) is 5.32 Å². The molecule has 6 nitrogen and oxygen atoms in total. The number of fused-ring (bicyclic) bond motifs is 1. The van der Waals surface area contributed by atoms with Crippen LogP contribution in [0.15, 0.2) is 18.2 Å². The number of amides is 1. The van der Waals surface area contributed by atoms with Crippen LogP contribution in [0, 0.1) is 10.1 Å². The van der Waals surface area contributed by atoms with E-state index in [1.54, 1.807) is 0 Å². The Kier molecular flexibility index (Phi) is 2.94. The van der Waals surface area contributed by atoms with Crippen LogP contribution in [0.5, 0.6) is 5.75 Å². The lowest BCUT2D eigenvalue weighted by Gasteiger charge is -2.37. The number of nitrogens with zero attached hydrogens (tertiary/aromatic N) is 1. The van der Waals surface area contributed by atoms with Crippen LogP contribution in [-0.4, -0.2) is 16.6 Å². The molecule has 1 aromatic rings. The highest BCUT2D eigenvalue weighted by molar-refractivity contribution is 5.98. The lowest BCUT2D eigenvalue weighted by molar-refractivity contribution is -0.385. The molecule has 1 aliphatic heterocycles. The topological polar surface area (TPSA) is 81.5 Å². The predicted octanol–water partition coefficient (Wildman–Crippen LogP) is 2.23.